The highest BCUT2D eigenvalue weighted by Gasteiger charge is 2.22. The van der Waals surface area contributed by atoms with Crippen molar-refractivity contribution in [3.05, 3.63) is 34.4 Å². The molecule has 0 radical (unpaired) electrons. The molecule has 1 saturated heterocycles. The van der Waals surface area contributed by atoms with E-state index in [0.717, 1.165) is 12.5 Å². The third-order valence-corrected chi connectivity index (χ3v) is 4.60. The van der Waals surface area contributed by atoms with Crippen molar-refractivity contribution in [1.82, 2.24) is 4.90 Å². The number of likely N-dealkylation sites (tertiary alicyclic amines) is 1. The van der Waals surface area contributed by atoms with Crippen LogP contribution in [-0.4, -0.2) is 24.0 Å². The molecule has 1 aliphatic rings. The number of hydrogen-bond acceptors (Lipinski definition) is 2. The lowest BCUT2D eigenvalue weighted by Gasteiger charge is -2.34. The molecular formula is C17H29ClN2. The molecule has 0 aromatic heterocycles. The molecular weight excluding hydrogens is 268 g/mol. The van der Waals surface area contributed by atoms with Gasteiger partial charge >= 0.3 is 0 Å². The molecule has 1 fully saturated rings. The number of benzene rings is 1. The summed E-state index contributed by atoms with van der Waals surface area (Å²) in [6, 6.07) is 4.96. The monoisotopic (exact) mass is 296 g/mol. The van der Waals surface area contributed by atoms with Crippen LogP contribution in [0.4, 0.5) is 0 Å². The summed E-state index contributed by atoms with van der Waals surface area (Å²) in [7, 11) is 0. The molecule has 20 heavy (non-hydrogen) atoms. The second kappa shape index (κ2) is 7.44. The van der Waals surface area contributed by atoms with Crippen molar-refractivity contribution < 1.29 is 0 Å². The zero-order chi connectivity index (χ0) is 14.0. The molecule has 0 saturated carbocycles. The summed E-state index contributed by atoms with van der Waals surface area (Å²) < 4.78 is 0. The number of nitrogens with zero attached hydrogens (tertiary/aromatic N) is 1. The highest BCUT2D eigenvalue weighted by molar-refractivity contribution is 5.85. The summed E-state index contributed by atoms with van der Waals surface area (Å²) in [5.74, 6) is 0.719. The molecule has 114 valence electrons. The van der Waals surface area contributed by atoms with Gasteiger partial charge in [-0.15, -0.1) is 12.4 Å². The van der Waals surface area contributed by atoms with Gasteiger partial charge in [0.1, 0.15) is 0 Å². The summed E-state index contributed by atoms with van der Waals surface area (Å²) >= 11 is 0. The Labute approximate surface area is 130 Å². The van der Waals surface area contributed by atoms with Crippen LogP contribution in [0.15, 0.2) is 12.1 Å². The van der Waals surface area contributed by atoms with Crippen molar-refractivity contribution in [2.45, 2.75) is 53.1 Å². The zero-order valence-electron chi connectivity index (χ0n) is 13.3. The summed E-state index contributed by atoms with van der Waals surface area (Å²) in [4.78, 5) is 2.59. The van der Waals surface area contributed by atoms with E-state index in [0.29, 0.717) is 6.04 Å². The third-order valence-electron chi connectivity index (χ3n) is 4.60. The second-order valence-electron chi connectivity index (χ2n) is 6.35. The Balaban J connectivity index is 0.00000200. The molecule has 2 nitrogen and oxygen atoms in total. The molecule has 2 rings (SSSR count). The van der Waals surface area contributed by atoms with Gasteiger partial charge in [0.2, 0.25) is 0 Å². The zero-order valence-corrected chi connectivity index (χ0v) is 14.1. The first kappa shape index (κ1) is 17.5. The van der Waals surface area contributed by atoms with E-state index in [4.69, 9.17) is 5.73 Å². The van der Waals surface area contributed by atoms with Crippen LogP contribution in [0.2, 0.25) is 0 Å². The Morgan fingerprint density at radius 3 is 2.10 bits per heavy atom. The molecule has 2 N–H and O–H groups in total. The van der Waals surface area contributed by atoms with Gasteiger partial charge in [-0.05, 0) is 76.2 Å². The van der Waals surface area contributed by atoms with Crippen LogP contribution in [0.1, 0.15) is 42.0 Å². The largest absolute Gasteiger partial charge is 0.328 e. The fraction of sp³-hybridized carbons (Fsp3) is 0.647. The van der Waals surface area contributed by atoms with Crippen LogP contribution in [0, 0.1) is 26.7 Å². The normalized spacial score (nSPS) is 18.6. The number of rotatable bonds is 3. The molecule has 0 aliphatic carbocycles. The van der Waals surface area contributed by atoms with Gasteiger partial charge in [-0.1, -0.05) is 17.7 Å². The van der Waals surface area contributed by atoms with E-state index in [2.05, 4.69) is 44.7 Å². The number of aryl methyl sites for hydroxylation is 3. The third kappa shape index (κ3) is 4.21. The fourth-order valence-corrected chi connectivity index (χ4v) is 3.32. The molecule has 1 aliphatic heterocycles. The van der Waals surface area contributed by atoms with Crippen molar-refractivity contribution in [2.24, 2.45) is 11.7 Å². The SMILES string of the molecule is Cc1cc(C)c(CN2CCC(C(C)N)CC2)c(C)c1.Cl. The standard InChI is InChI=1S/C17H28N2.ClH/c1-12-9-13(2)17(14(3)10-12)11-19-7-5-16(6-8-19)15(4)18;/h9-10,15-16H,5-8,11,18H2,1-4H3;1H. The van der Waals surface area contributed by atoms with Gasteiger partial charge < -0.3 is 5.73 Å². The maximum atomic E-state index is 6.01. The van der Waals surface area contributed by atoms with Crippen molar-refractivity contribution in [3.8, 4) is 0 Å². The topological polar surface area (TPSA) is 29.3 Å². The number of halogens is 1. The fourth-order valence-electron chi connectivity index (χ4n) is 3.32. The maximum Gasteiger partial charge on any atom is 0.0238 e. The molecule has 1 heterocycles. The molecule has 0 spiro atoms. The Morgan fingerprint density at radius 1 is 1.15 bits per heavy atom. The van der Waals surface area contributed by atoms with E-state index in [1.165, 1.54) is 48.2 Å². The molecule has 0 amide bonds. The van der Waals surface area contributed by atoms with Gasteiger partial charge in [0.05, 0.1) is 0 Å². The van der Waals surface area contributed by atoms with Crippen molar-refractivity contribution in [1.29, 1.82) is 0 Å². The minimum atomic E-state index is 0. The van der Waals surface area contributed by atoms with Crippen molar-refractivity contribution in [2.75, 3.05) is 13.1 Å². The van der Waals surface area contributed by atoms with E-state index in [9.17, 15) is 0 Å². The van der Waals surface area contributed by atoms with Gasteiger partial charge in [0.25, 0.3) is 0 Å². The van der Waals surface area contributed by atoms with Crippen LogP contribution in [-0.2, 0) is 6.54 Å². The van der Waals surface area contributed by atoms with E-state index in [1.807, 2.05) is 0 Å². The predicted molar refractivity (Wildman–Crippen MR) is 89.6 cm³/mol. The molecule has 1 aromatic carbocycles. The maximum absolute atomic E-state index is 6.01. The number of piperidine rings is 1. The van der Waals surface area contributed by atoms with Gasteiger partial charge in [-0.25, -0.2) is 0 Å². The summed E-state index contributed by atoms with van der Waals surface area (Å²) in [5.41, 5.74) is 11.8. The molecule has 3 heteroatoms. The second-order valence-corrected chi connectivity index (χ2v) is 6.35. The summed E-state index contributed by atoms with van der Waals surface area (Å²) in [5, 5.41) is 0. The Kier molecular flexibility index (Phi) is 6.50. The molecule has 1 unspecified atom stereocenters. The average Bonchev–Trinajstić information content (AvgIpc) is 2.34. The Bertz CT molecular complexity index is 412. The van der Waals surface area contributed by atoms with Gasteiger partial charge in [-0.3, -0.25) is 4.90 Å². The first-order valence-electron chi connectivity index (χ1n) is 7.52. The van der Waals surface area contributed by atoms with Crippen molar-refractivity contribution in [3.63, 3.8) is 0 Å². The van der Waals surface area contributed by atoms with Crippen LogP contribution >= 0.6 is 12.4 Å². The number of nitrogens with two attached hydrogens (primary N) is 1. The van der Waals surface area contributed by atoms with Crippen LogP contribution in [0.25, 0.3) is 0 Å². The lowest BCUT2D eigenvalue weighted by molar-refractivity contribution is 0.165. The van der Waals surface area contributed by atoms with Crippen LogP contribution in [0.5, 0.6) is 0 Å². The van der Waals surface area contributed by atoms with Gasteiger partial charge in [0, 0.05) is 12.6 Å². The minimum absolute atomic E-state index is 0. The lowest BCUT2D eigenvalue weighted by atomic mass is 9.90. The quantitative estimate of drug-likeness (QED) is 0.923. The molecule has 0 bridgehead atoms. The molecule has 1 aromatic rings. The average molecular weight is 297 g/mol. The highest BCUT2D eigenvalue weighted by Crippen LogP contribution is 2.23. The van der Waals surface area contributed by atoms with Crippen molar-refractivity contribution >= 4 is 12.4 Å². The summed E-state index contributed by atoms with van der Waals surface area (Å²) in [6.07, 6.45) is 2.50. The first-order chi connectivity index (χ1) is 8.97. The lowest BCUT2D eigenvalue weighted by Crippen LogP contribution is -2.39. The van der Waals surface area contributed by atoms with Crippen LogP contribution < -0.4 is 5.73 Å². The number of hydrogen-bond donors (Lipinski definition) is 1. The van der Waals surface area contributed by atoms with E-state index >= 15 is 0 Å². The molecule has 1 atom stereocenters. The van der Waals surface area contributed by atoms with Gasteiger partial charge in [-0.2, -0.15) is 0 Å². The first-order valence-corrected chi connectivity index (χ1v) is 7.52. The summed E-state index contributed by atoms with van der Waals surface area (Å²) in [6.45, 7) is 12.3. The smallest absolute Gasteiger partial charge is 0.0238 e. The van der Waals surface area contributed by atoms with Gasteiger partial charge in [0.15, 0.2) is 0 Å². The Hall–Kier alpha value is -0.570. The predicted octanol–water partition coefficient (Wildman–Crippen LogP) is 3.59. The van der Waals surface area contributed by atoms with E-state index in [1.54, 1.807) is 0 Å². The van der Waals surface area contributed by atoms with E-state index < -0.39 is 0 Å². The van der Waals surface area contributed by atoms with Crippen LogP contribution in [0.3, 0.4) is 0 Å². The van der Waals surface area contributed by atoms with E-state index in [-0.39, 0.29) is 12.4 Å². The highest BCUT2D eigenvalue weighted by atomic mass is 35.5. The minimum Gasteiger partial charge on any atom is -0.328 e. The Morgan fingerprint density at radius 2 is 1.65 bits per heavy atom.